The zero-order valence-electron chi connectivity index (χ0n) is 28.8. The minimum absolute atomic E-state index is 0.0238. The summed E-state index contributed by atoms with van der Waals surface area (Å²) in [5, 5.41) is 24.6. The molecule has 3 aliphatic carbocycles. The Morgan fingerprint density at radius 1 is 1.07 bits per heavy atom. The Morgan fingerprint density at radius 3 is 2.20 bits per heavy atom. The van der Waals surface area contributed by atoms with E-state index < -0.39 is 78.5 Å². The second-order valence-corrected chi connectivity index (χ2v) is 19.6. The van der Waals surface area contributed by atoms with Crippen LogP contribution in [0.4, 0.5) is 0 Å². The number of Topliss-reactive ketones (excluding diaryl/α,β-unsaturated/α-hetero) is 1. The van der Waals surface area contributed by atoms with Gasteiger partial charge in [0.1, 0.15) is 23.6 Å². The third-order valence-electron chi connectivity index (χ3n) is 12.5. The maximum Gasteiger partial charge on any atom is 0.338 e. The number of rotatable bonds is 8. The van der Waals surface area contributed by atoms with Gasteiger partial charge in [0.05, 0.1) is 35.7 Å². The molecule has 46 heavy (non-hydrogen) atoms. The van der Waals surface area contributed by atoms with Gasteiger partial charge in [0.15, 0.2) is 13.9 Å². The van der Waals surface area contributed by atoms with Gasteiger partial charge in [-0.1, -0.05) is 59.7 Å². The van der Waals surface area contributed by atoms with Crippen LogP contribution in [-0.4, -0.2) is 78.5 Å². The van der Waals surface area contributed by atoms with Crippen molar-refractivity contribution in [1.82, 2.24) is 0 Å². The second-order valence-electron chi connectivity index (χ2n) is 14.8. The third kappa shape index (κ3) is 4.88. The molecule has 2 saturated carbocycles. The minimum Gasteiger partial charge on any atom is -0.455 e. The molecule has 1 saturated heterocycles. The van der Waals surface area contributed by atoms with E-state index >= 15 is 4.79 Å². The van der Waals surface area contributed by atoms with Crippen LogP contribution in [0.1, 0.15) is 85.5 Å². The molecule has 3 fully saturated rings. The van der Waals surface area contributed by atoms with E-state index in [9.17, 15) is 19.8 Å². The maximum absolute atomic E-state index is 15.4. The average Bonchev–Trinajstić information content (AvgIpc) is 3.01. The van der Waals surface area contributed by atoms with Crippen LogP contribution in [0, 0.1) is 22.7 Å². The molecule has 0 aromatic heterocycles. The van der Waals surface area contributed by atoms with Gasteiger partial charge in [-0.3, -0.25) is 9.59 Å². The first-order valence-corrected chi connectivity index (χ1v) is 19.4. The van der Waals surface area contributed by atoms with Crippen molar-refractivity contribution in [2.24, 2.45) is 22.7 Å². The second kappa shape index (κ2) is 11.9. The Labute approximate surface area is 274 Å². The van der Waals surface area contributed by atoms with Gasteiger partial charge in [-0.25, -0.2) is 4.79 Å². The Balaban J connectivity index is 1.84. The number of ketones is 1. The molecule has 1 aromatic carbocycles. The van der Waals surface area contributed by atoms with E-state index in [1.54, 1.807) is 30.3 Å². The standard InChI is InChI=1S/C36H52O9Si/c1-10-46(11-2,12-3)45-26-18-27-35(20-42-27,44-23(6)37)29-31(43-32(40)24-16-14-13-15-17-24)36(41)19-25(38)21(4)28(33(36,7)8)22(5)30(39)34(26,29)9/h13-17,22,25-27,29,31,38,41H,10-12,18-20H2,1-9H3/t22-,25+,26?,27-,29+,31+,34-,35+,36-/m1/s1. The number of carbonyl (C=O) groups is 3. The highest BCUT2D eigenvalue weighted by molar-refractivity contribution is 6.73. The largest absolute Gasteiger partial charge is 0.455 e. The predicted octanol–water partition coefficient (Wildman–Crippen LogP) is 5.39. The molecule has 1 aromatic rings. The van der Waals surface area contributed by atoms with Crippen molar-refractivity contribution in [3.63, 3.8) is 0 Å². The summed E-state index contributed by atoms with van der Waals surface area (Å²) >= 11 is 0. The molecule has 9 nitrogen and oxygen atoms in total. The Hall–Kier alpha value is -2.37. The lowest BCUT2D eigenvalue weighted by molar-refractivity contribution is -0.344. The number of benzene rings is 1. The summed E-state index contributed by atoms with van der Waals surface area (Å²) in [4.78, 5) is 42.3. The van der Waals surface area contributed by atoms with Crippen molar-refractivity contribution in [1.29, 1.82) is 0 Å². The van der Waals surface area contributed by atoms with Crippen LogP contribution >= 0.6 is 0 Å². The van der Waals surface area contributed by atoms with Crippen LogP contribution in [0.15, 0.2) is 41.5 Å². The van der Waals surface area contributed by atoms with E-state index in [4.69, 9.17) is 18.6 Å². The van der Waals surface area contributed by atoms with E-state index in [0.717, 1.165) is 18.1 Å². The fourth-order valence-electron chi connectivity index (χ4n) is 9.61. The Kier molecular flexibility index (Phi) is 9.08. The topological polar surface area (TPSA) is 129 Å². The quantitative estimate of drug-likeness (QED) is 0.215. The van der Waals surface area contributed by atoms with E-state index in [1.807, 2.05) is 34.6 Å². The highest BCUT2D eigenvalue weighted by atomic mass is 28.4. The number of ether oxygens (including phenoxy) is 3. The van der Waals surface area contributed by atoms with E-state index in [0.29, 0.717) is 17.6 Å². The summed E-state index contributed by atoms with van der Waals surface area (Å²) in [5.41, 5.74) is -4.18. The van der Waals surface area contributed by atoms with Gasteiger partial charge in [-0.15, -0.1) is 0 Å². The van der Waals surface area contributed by atoms with Gasteiger partial charge in [0.25, 0.3) is 0 Å². The van der Waals surface area contributed by atoms with Crippen molar-refractivity contribution >= 4 is 26.0 Å². The number of carbonyl (C=O) groups excluding carboxylic acids is 3. The van der Waals surface area contributed by atoms with Crippen LogP contribution in [-0.2, 0) is 28.2 Å². The van der Waals surface area contributed by atoms with Crippen LogP contribution in [0.5, 0.6) is 0 Å². The minimum atomic E-state index is -2.34. The van der Waals surface area contributed by atoms with Gasteiger partial charge < -0.3 is 28.8 Å². The average molecular weight is 657 g/mol. The molecule has 0 spiro atoms. The van der Waals surface area contributed by atoms with Crippen molar-refractivity contribution in [2.75, 3.05) is 6.61 Å². The lowest BCUT2D eigenvalue weighted by Gasteiger charge is -2.68. The number of esters is 2. The molecule has 2 N–H and O–H groups in total. The first-order valence-electron chi connectivity index (χ1n) is 16.9. The zero-order chi connectivity index (χ0) is 34.0. The number of hydrogen-bond donors (Lipinski definition) is 2. The molecule has 2 bridgehead atoms. The zero-order valence-corrected chi connectivity index (χ0v) is 29.8. The SMILES string of the molecule is CC[Si](CC)(CC)OC1C[C@H]2OC[C@@]2(OC(C)=O)[C@H]2[C@H](OC(=O)c3ccccc3)[C@]3(O)C[C@H](O)C(C)=C([C@@H](C)C(=O)[C@]12C)C3(C)C. The molecule has 5 rings (SSSR count). The monoisotopic (exact) mass is 656 g/mol. The van der Waals surface area contributed by atoms with Crippen LogP contribution in [0.2, 0.25) is 18.1 Å². The Morgan fingerprint density at radius 2 is 1.67 bits per heavy atom. The van der Waals surface area contributed by atoms with Crippen LogP contribution in [0.3, 0.4) is 0 Å². The molecule has 10 heteroatoms. The van der Waals surface area contributed by atoms with E-state index in [-0.39, 0.29) is 24.4 Å². The molecule has 0 radical (unpaired) electrons. The number of hydrogen-bond acceptors (Lipinski definition) is 9. The first kappa shape index (κ1) is 34.9. The van der Waals surface area contributed by atoms with E-state index in [2.05, 4.69) is 20.8 Å². The van der Waals surface area contributed by atoms with Crippen molar-refractivity contribution in [2.45, 2.75) is 129 Å². The molecular formula is C36H52O9Si. The number of aliphatic hydroxyl groups is 2. The summed E-state index contributed by atoms with van der Waals surface area (Å²) in [5.74, 6) is -3.15. The highest BCUT2D eigenvalue weighted by Crippen LogP contribution is 2.65. The van der Waals surface area contributed by atoms with Gasteiger partial charge in [-0.05, 0) is 55.3 Å². The maximum atomic E-state index is 15.4. The van der Waals surface area contributed by atoms with Crippen molar-refractivity contribution in [3.05, 3.63) is 47.0 Å². The highest BCUT2D eigenvalue weighted by Gasteiger charge is 2.78. The van der Waals surface area contributed by atoms with Crippen LogP contribution in [0.25, 0.3) is 0 Å². The fourth-order valence-corrected chi connectivity index (χ4v) is 12.6. The van der Waals surface area contributed by atoms with Gasteiger partial charge in [0, 0.05) is 31.1 Å². The summed E-state index contributed by atoms with van der Waals surface area (Å²) in [7, 11) is -2.34. The summed E-state index contributed by atoms with van der Waals surface area (Å²) < 4.78 is 26.1. The molecule has 254 valence electrons. The molecule has 4 aliphatic rings. The van der Waals surface area contributed by atoms with E-state index in [1.165, 1.54) is 6.92 Å². The van der Waals surface area contributed by atoms with Crippen molar-refractivity contribution in [3.8, 4) is 0 Å². The van der Waals surface area contributed by atoms with Crippen LogP contribution < -0.4 is 0 Å². The number of aliphatic hydroxyl groups excluding tert-OH is 1. The number of fused-ring (bicyclic) bond motifs is 5. The predicted molar refractivity (Wildman–Crippen MR) is 174 cm³/mol. The summed E-state index contributed by atoms with van der Waals surface area (Å²) in [6.07, 6.45) is -3.58. The van der Waals surface area contributed by atoms with Gasteiger partial charge in [0.2, 0.25) is 0 Å². The van der Waals surface area contributed by atoms with Crippen molar-refractivity contribution < 1.29 is 43.2 Å². The molecule has 1 heterocycles. The first-order chi connectivity index (χ1) is 21.5. The lowest BCUT2D eigenvalue weighted by Crippen LogP contribution is -2.81. The fraction of sp³-hybridized carbons (Fsp3) is 0.694. The molecule has 9 atom stereocenters. The van der Waals surface area contributed by atoms with Gasteiger partial charge >= 0.3 is 11.9 Å². The third-order valence-corrected chi connectivity index (χ3v) is 17.2. The normalized spacial score (nSPS) is 38.5. The summed E-state index contributed by atoms with van der Waals surface area (Å²) in [6, 6.07) is 11.0. The molecular weight excluding hydrogens is 604 g/mol. The molecule has 0 amide bonds. The smallest absolute Gasteiger partial charge is 0.338 e. The molecule has 1 aliphatic heterocycles. The lowest BCUT2D eigenvalue weighted by atomic mass is 9.43. The van der Waals surface area contributed by atoms with Gasteiger partial charge in [-0.2, -0.15) is 0 Å². The Bertz CT molecular complexity index is 1390. The molecule has 1 unspecified atom stereocenters. The summed E-state index contributed by atoms with van der Waals surface area (Å²) in [6.45, 7) is 16.9.